The van der Waals surface area contributed by atoms with E-state index >= 15 is 0 Å². The lowest BCUT2D eigenvalue weighted by molar-refractivity contribution is -0.125. The van der Waals surface area contributed by atoms with E-state index < -0.39 is 0 Å². The number of carbonyl (C=O) groups is 1. The molecule has 0 atom stereocenters. The van der Waals surface area contributed by atoms with Gasteiger partial charge in [-0.2, -0.15) is 0 Å². The van der Waals surface area contributed by atoms with Crippen LogP contribution in [0.4, 0.5) is 5.69 Å². The number of anilines is 1. The number of ether oxygens (including phenoxy) is 2. The van der Waals surface area contributed by atoms with Crippen molar-refractivity contribution in [2.24, 2.45) is 5.92 Å². The van der Waals surface area contributed by atoms with Gasteiger partial charge >= 0.3 is 0 Å². The normalized spacial score (nSPS) is 15.2. The van der Waals surface area contributed by atoms with Crippen molar-refractivity contribution < 1.29 is 14.3 Å². The van der Waals surface area contributed by atoms with E-state index in [1.54, 1.807) is 14.2 Å². The summed E-state index contributed by atoms with van der Waals surface area (Å²) in [6, 6.07) is 5.62. The van der Waals surface area contributed by atoms with E-state index in [0.29, 0.717) is 13.1 Å². The molecule has 1 aliphatic heterocycles. The van der Waals surface area contributed by atoms with Crippen LogP contribution in [0.1, 0.15) is 12.8 Å². The van der Waals surface area contributed by atoms with Crippen molar-refractivity contribution in [2.75, 3.05) is 45.7 Å². The third-order valence-corrected chi connectivity index (χ3v) is 3.81. The summed E-state index contributed by atoms with van der Waals surface area (Å²) in [5.74, 6) is 1.78. The molecule has 1 saturated heterocycles. The van der Waals surface area contributed by atoms with Gasteiger partial charge in [-0.1, -0.05) is 0 Å². The average Bonchev–Trinajstić information content (AvgIpc) is 2.58. The Morgan fingerprint density at radius 1 is 1.14 bits per heavy atom. The fraction of sp³-hybridized carbons (Fsp3) is 0.562. The first kappa shape index (κ1) is 16.4. The third-order valence-electron chi connectivity index (χ3n) is 3.81. The molecule has 1 aromatic rings. The van der Waals surface area contributed by atoms with E-state index in [-0.39, 0.29) is 11.8 Å². The highest BCUT2D eigenvalue weighted by Crippen LogP contribution is 2.25. The van der Waals surface area contributed by atoms with Gasteiger partial charge in [-0.3, -0.25) is 4.79 Å². The Morgan fingerprint density at radius 2 is 1.77 bits per heavy atom. The Labute approximate surface area is 131 Å². The quantitative estimate of drug-likeness (QED) is 0.661. The molecule has 1 amide bonds. The van der Waals surface area contributed by atoms with Crippen molar-refractivity contribution in [1.82, 2.24) is 10.6 Å². The summed E-state index contributed by atoms with van der Waals surface area (Å²) in [5.41, 5.74) is 0.910. The summed E-state index contributed by atoms with van der Waals surface area (Å²) in [4.78, 5) is 12.0. The minimum absolute atomic E-state index is 0.151. The number of methoxy groups -OCH3 is 2. The minimum Gasteiger partial charge on any atom is -0.497 e. The summed E-state index contributed by atoms with van der Waals surface area (Å²) >= 11 is 0. The number of carbonyl (C=O) groups excluding carboxylic acids is 1. The van der Waals surface area contributed by atoms with Gasteiger partial charge in [0.2, 0.25) is 5.91 Å². The van der Waals surface area contributed by atoms with Crippen LogP contribution in [0.15, 0.2) is 18.2 Å². The van der Waals surface area contributed by atoms with Gasteiger partial charge in [-0.25, -0.2) is 0 Å². The number of nitrogens with one attached hydrogen (secondary N) is 3. The first-order chi connectivity index (χ1) is 10.7. The Balaban J connectivity index is 1.75. The number of hydrogen-bond donors (Lipinski definition) is 3. The van der Waals surface area contributed by atoms with E-state index in [0.717, 1.165) is 43.1 Å². The van der Waals surface area contributed by atoms with Gasteiger partial charge in [-0.15, -0.1) is 0 Å². The highest BCUT2D eigenvalue weighted by molar-refractivity contribution is 5.78. The second kappa shape index (κ2) is 8.48. The van der Waals surface area contributed by atoms with Crippen LogP contribution < -0.4 is 25.4 Å². The van der Waals surface area contributed by atoms with Crippen molar-refractivity contribution in [3.05, 3.63) is 18.2 Å². The van der Waals surface area contributed by atoms with E-state index in [2.05, 4.69) is 16.0 Å². The molecule has 1 heterocycles. The van der Waals surface area contributed by atoms with E-state index in [4.69, 9.17) is 9.47 Å². The lowest BCUT2D eigenvalue weighted by Crippen LogP contribution is -2.39. The molecule has 0 radical (unpaired) electrons. The molecule has 6 nitrogen and oxygen atoms in total. The van der Waals surface area contributed by atoms with Crippen LogP contribution in [-0.2, 0) is 4.79 Å². The molecule has 0 aliphatic carbocycles. The zero-order valence-corrected chi connectivity index (χ0v) is 13.3. The molecule has 0 saturated carbocycles. The molecule has 3 N–H and O–H groups in total. The number of benzene rings is 1. The van der Waals surface area contributed by atoms with Gasteiger partial charge in [0.25, 0.3) is 0 Å². The summed E-state index contributed by atoms with van der Waals surface area (Å²) < 4.78 is 10.5. The monoisotopic (exact) mass is 307 g/mol. The molecule has 0 spiro atoms. The molecule has 1 aliphatic rings. The average molecular weight is 307 g/mol. The summed E-state index contributed by atoms with van der Waals surface area (Å²) in [6.07, 6.45) is 1.85. The standard InChI is InChI=1S/C16H25N3O3/c1-21-14-9-13(10-15(11-14)22-2)18-7-8-19-16(20)12-3-5-17-6-4-12/h9-12,17-18H,3-8H2,1-2H3,(H,19,20). The predicted molar refractivity (Wildman–Crippen MR) is 86.6 cm³/mol. The van der Waals surface area contributed by atoms with Crippen molar-refractivity contribution >= 4 is 11.6 Å². The van der Waals surface area contributed by atoms with Gasteiger partial charge in [0.05, 0.1) is 14.2 Å². The molecule has 0 bridgehead atoms. The van der Waals surface area contributed by atoms with Crippen molar-refractivity contribution in [3.8, 4) is 11.5 Å². The maximum atomic E-state index is 12.0. The smallest absolute Gasteiger partial charge is 0.223 e. The van der Waals surface area contributed by atoms with Crippen LogP contribution in [0.3, 0.4) is 0 Å². The van der Waals surface area contributed by atoms with Gasteiger partial charge in [0.15, 0.2) is 0 Å². The van der Waals surface area contributed by atoms with Crippen molar-refractivity contribution in [3.63, 3.8) is 0 Å². The number of piperidine rings is 1. The van der Waals surface area contributed by atoms with Crippen molar-refractivity contribution in [2.45, 2.75) is 12.8 Å². The highest BCUT2D eigenvalue weighted by Gasteiger charge is 2.19. The van der Waals surface area contributed by atoms with E-state index in [1.165, 1.54) is 0 Å². The molecule has 1 aromatic carbocycles. The predicted octanol–water partition coefficient (Wildman–Crippen LogP) is 1.23. The molecule has 0 aromatic heterocycles. The fourth-order valence-corrected chi connectivity index (χ4v) is 2.53. The van der Waals surface area contributed by atoms with Crippen LogP contribution in [0.25, 0.3) is 0 Å². The molecular weight excluding hydrogens is 282 g/mol. The second-order valence-electron chi connectivity index (χ2n) is 5.34. The minimum atomic E-state index is 0.151. The SMILES string of the molecule is COc1cc(NCCNC(=O)C2CCNCC2)cc(OC)c1. The molecule has 122 valence electrons. The van der Waals surface area contributed by atoms with Crippen LogP contribution in [-0.4, -0.2) is 46.3 Å². The van der Waals surface area contributed by atoms with Gasteiger partial charge in [-0.05, 0) is 25.9 Å². The molecule has 6 heteroatoms. The Hall–Kier alpha value is -1.95. The number of hydrogen-bond acceptors (Lipinski definition) is 5. The Morgan fingerprint density at radius 3 is 2.36 bits per heavy atom. The first-order valence-electron chi connectivity index (χ1n) is 7.68. The summed E-state index contributed by atoms with van der Waals surface area (Å²) in [7, 11) is 3.25. The second-order valence-corrected chi connectivity index (χ2v) is 5.34. The molecule has 22 heavy (non-hydrogen) atoms. The summed E-state index contributed by atoms with van der Waals surface area (Å²) in [6.45, 7) is 3.12. The fourth-order valence-electron chi connectivity index (χ4n) is 2.53. The van der Waals surface area contributed by atoms with Crippen molar-refractivity contribution in [1.29, 1.82) is 0 Å². The molecule has 0 unspecified atom stereocenters. The lowest BCUT2D eigenvalue weighted by atomic mass is 9.97. The zero-order valence-electron chi connectivity index (χ0n) is 13.3. The topological polar surface area (TPSA) is 71.6 Å². The largest absolute Gasteiger partial charge is 0.497 e. The molecule has 1 fully saturated rings. The van der Waals surface area contributed by atoms with Gasteiger partial charge in [0.1, 0.15) is 11.5 Å². The Kier molecular flexibility index (Phi) is 6.33. The lowest BCUT2D eigenvalue weighted by Gasteiger charge is -2.21. The summed E-state index contributed by atoms with van der Waals surface area (Å²) in [5, 5.41) is 9.52. The Bertz CT molecular complexity index is 465. The number of amides is 1. The van der Waals surface area contributed by atoms with Crippen LogP contribution in [0.5, 0.6) is 11.5 Å². The van der Waals surface area contributed by atoms with E-state index in [9.17, 15) is 4.79 Å². The number of rotatable bonds is 7. The van der Waals surface area contributed by atoms with Crippen LogP contribution in [0, 0.1) is 5.92 Å². The third kappa shape index (κ3) is 4.80. The molecular formula is C16H25N3O3. The highest BCUT2D eigenvalue weighted by atomic mass is 16.5. The van der Waals surface area contributed by atoms with Gasteiger partial charge in [0, 0.05) is 42.9 Å². The molecule has 2 rings (SSSR count). The first-order valence-corrected chi connectivity index (χ1v) is 7.68. The van der Waals surface area contributed by atoms with Gasteiger partial charge < -0.3 is 25.4 Å². The van der Waals surface area contributed by atoms with E-state index in [1.807, 2.05) is 18.2 Å². The zero-order chi connectivity index (χ0) is 15.8. The maximum Gasteiger partial charge on any atom is 0.223 e. The maximum absolute atomic E-state index is 12.0. The van der Waals surface area contributed by atoms with Crippen LogP contribution in [0.2, 0.25) is 0 Å². The van der Waals surface area contributed by atoms with Crippen LogP contribution >= 0.6 is 0 Å².